The second kappa shape index (κ2) is 7.21. The van der Waals surface area contributed by atoms with Crippen molar-refractivity contribution in [2.45, 2.75) is 39.2 Å². The Labute approximate surface area is 135 Å². The molecule has 5 heteroatoms. The highest BCUT2D eigenvalue weighted by atomic mass is 19.1. The maximum Gasteiger partial charge on any atom is 0.129 e. The fraction of sp³-hybridized carbons (Fsp3) is 0.500. The minimum absolute atomic E-state index is 0.425. The van der Waals surface area contributed by atoms with Crippen molar-refractivity contribution in [1.29, 1.82) is 0 Å². The molecular weight excluding hydrogens is 296 g/mol. The molecule has 0 aliphatic carbocycles. The normalized spacial score (nSPS) is 19.2. The van der Waals surface area contributed by atoms with Gasteiger partial charge >= 0.3 is 0 Å². The number of benzene rings is 1. The van der Waals surface area contributed by atoms with Crippen LogP contribution in [0, 0.1) is 24.5 Å². The number of piperidine rings is 1. The van der Waals surface area contributed by atoms with Crippen LogP contribution in [0.3, 0.4) is 0 Å². The predicted octanol–water partition coefficient (Wildman–Crippen LogP) is 3.84. The van der Waals surface area contributed by atoms with Crippen LogP contribution >= 0.6 is 0 Å². The Morgan fingerprint density at radius 1 is 1.35 bits per heavy atom. The van der Waals surface area contributed by atoms with Gasteiger partial charge in [-0.1, -0.05) is 6.07 Å². The first-order valence-electron chi connectivity index (χ1n) is 8.27. The highest BCUT2D eigenvalue weighted by Gasteiger charge is 2.20. The molecule has 0 amide bonds. The number of H-pyrrole nitrogens is 1. The van der Waals surface area contributed by atoms with Crippen LogP contribution < -0.4 is 0 Å². The molecule has 1 aliphatic rings. The van der Waals surface area contributed by atoms with Gasteiger partial charge in [-0.05, 0) is 56.7 Å². The van der Waals surface area contributed by atoms with Gasteiger partial charge in [0.2, 0.25) is 0 Å². The molecule has 2 heterocycles. The number of aryl methyl sites for hydroxylation is 2. The summed E-state index contributed by atoms with van der Waals surface area (Å²) in [6.45, 7) is 4.97. The SMILES string of the molecule is Cc1ncc(CN2CCC[C@H](CCc3ccc(F)cc3F)C2)[nH]1. The first-order valence-corrected chi connectivity index (χ1v) is 8.27. The molecule has 124 valence electrons. The summed E-state index contributed by atoms with van der Waals surface area (Å²) in [5, 5.41) is 0. The molecule has 0 radical (unpaired) electrons. The van der Waals surface area contributed by atoms with Gasteiger partial charge in [0.05, 0.1) is 0 Å². The Balaban J connectivity index is 1.52. The lowest BCUT2D eigenvalue weighted by molar-refractivity contribution is 0.160. The van der Waals surface area contributed by atoms with E-state index in [9.17, 15) is 8.78 Å². The van der Waals surface area contributed by atoms with Crippen molar-refractivity contribution in [2.75, 3.05) is 13.1 Å². The Kier molecular flexibility index (Phi) is 5.06. The van der Waals surface area contributed by atoms with Crippen molar-refractivity contribution in [1.82, 2.24) is 14.9 Å². The second-order valence-electron chi connectivity index (χ2n) is 6.51. The molecule has 3 nitrogen and oxygen atoms in total. The van der Waals surface area contributed by atoms with Crippen LogP contribution in [0.1, 0.15) is 36.3 Å². The summed E-state index contributed by atoms with van der Waals surface area (Å²) < 4.78 is 26.7. The van der Waals surface area contributed by atoms with E-state index < -0.39 is 11.6 Å². The first-order chi connectivity index (χ1) is 11.1. The second-order valence-corrected chi connectivity index (χ2v) is 6.51. The quantitative estimate of drug-likeness (QED) is 0.908. The maximum absolute atomic E-state index is 13.7. The Morgan fingerprint density at radius 3 is 2.96 bits per heavy atom. The number of rotatable bonds is 5. The van der Waals surface area contributed by atoms with Crippen LogP contribution in [-0.4, -0.2) is 28.0 Å². The summed E-state index contributed by atoms with van der Waals surface area (Å²) in [6, 6.07) is 3.88. The van der Waals surface area contributed by atoms with Crippen molar-refractivity contribution in [3.63, 3.8) is 0 Å². The van der Waals surface area contributed by atoms with Gasteiger partial charge in [-0.25, -0.2) is 13.8 Å². The molecule has 0 unspecified atom stereocenters. The number of aromatic nitrogens is 2. The van der Waals surface area contributed by atoms with Crippen LogP contribution in [0.4, 0.5) is 8.78 Å². The zero-order chi connectivity index (χ0) is 16.2. The number of nitrogens with one attached hydrogen (secondary N) is 1. The van der Waals surface area contributed by atoms with Gasteiger partial charge in [0, 0.05) is 31.0 Å². The smallest absolute Gasteiger partial charge is 0.129 e. The summed E-state index contributed by atoms with van der Waals surface area (Å²) in [5.41, 5.74) is 1.76. The van der Waals surface area contributed by atoms with Crippen molar-refractivity contribution < 1.29 is 8.78 Å². The van der Waals surface area contributed by atoms with Crippen LogP contribution in [0.5, 0.6) is 0 Å². The van der Waals surface area contributed by atoms with E-state index in [0.29, 0.717) is 17.9 Å². The van der Waals surface area contributed by atoms with Crippen LogP contribution in [-0.2, 0) is 13.0 Å². The minimum atomic E-state index is -0.509. The molecule has 1 fully saturated rings. The topological polar surface area (TPSA) is 31.9 Å². The molecular formula is C18H23F2N3. The third-order valence-electron chi connectivity index (χ3n) is 4.59. The molecule has 1 aromatic carbocycles. The number of hydrogen-bond donors (Lipinski definition) is 1. The maximum atomic E-state index is 13.7. The summed E-state index contributed by atoms with van der Waals surface area (Å²) in [7, 11) is 0. The van der Waals surface area contributed by atoms with Gasteiger partial charge < -0.3 is 4.98 Å². The van der Waals surface area contributed by atoms with E-state index in [-0.39, 0.29) is 0 Å². The number of imidazole rings is 1. The molecule has 1 N–H and O–H groups in total. The van der Waals surface area contributed by atoms with E-state index in [0.717, 1.165) is 43.6 Å². The lowest BCUT2D eigenvalue weighted by Crippen LogP contribution is -2.35. The Hall–Kier alpha value is -1.75. The number of likely N-dealkylation sites (tertiary alicyclic amines) is 1. The zero-order valence-electron chi connectivity index (χ0n) is 13.5. The van der Waals surface area contributed by atoms with E-state index in [2.05, 4.69) is 14.9 Å². The van der Waals surface area contributed by atoms with Crippen molar-refractivity contribution in [3.05, 3.63) is 53.1 Å². The number of hydrogen-bond acceptors (Lipinski definition) is 2. The first kappa shape index (κ1) is 16.1. The highest BCUT2D eigenvalue weighted by molar-refractivity contribution is 5.18. The van der Waals surface area contributed by atoms with Gasteiger partial charge in [-0.2, -0.15) is 0 Å². The zero-order valence-corrected chi connectivity index (χ0v) is 13.5. The van der Waals surface area contributed by atoms with E-state index in [1.54, 1.807) is 6.07 Å². The molecule has 23 heavy (non-hydrogen) atoms. The van der Waals surface area contributed by atoms with Crippen molar-refractivity contribution in [2.24, 2.45) is 5.92 Å². The molecule has 1 aliphatic heterocycles. The van der Waals surface area contributed by atoms with E-state index in [1.165, 1.54) is 18.9 Å². The summed E-state index contributed by atoms with van der Waals surface area (Å²) in [5.74, 6) is 0.577. The molecule has 1 saturated heterocycles. The van der Waals surface area contributed by atoms with Gasteiger partial charge in [0.15, 0.2) is 0 Å². The lowest BCUT2D eigenvalue weighted by atomic mass is 9.91. The molecule has 0 saturated carbocycles. The standard InChI is InChI=1S/C18H23F2N3/c1-13-21-10-17(22-13)12-23-8-2-3-14(11-23)4-5-15-6-7-16(19)9-18(15)20/h6-7,9-10,14H,2-5,8,11-12H2,1H3,(H,21,22)/t14-/m1/s1. The van der Waals surface area contributed by atoms with Crippen molar-refractivity contribution >= 4 is 0 Å². The van der Waals surface area contributed by atoms with Gasteiger partial charge in [-0.15, -0.1) is 0 Å². The molecule has 2 aromatic rings. The minimum Gasteiger partial charge on any atom is -0.345 e. The van der Waals surface area contributed by atoms with Crippen LogP contribution in [0.15, 0.2) is 24.4 Å². The summed E-state index contributed by atoms with van der Waals surface area (Å²) >= 11 is 0. The Bertz CT molecular complexity index is 653. The molecule has 1 aromatic heterocycles. The summed E-state index contributed by atoms with van der Waals surface area (Å²) in [4.78, 5) is 9.94. The monoisotopic (exact) mass is 319 g/mol. The van der Waals surface area contributed by atoms with Gasteiger partial charge in [0.25, 0.3) is 0 Å². The molecule has 1 atom stereocenters. The molecule has 3 rings (SSSR count). The van der Waals surface area contributed by atoms with Gasteiger partial charge in [0.1, 0.15) is 17.5 Å². The largest absolute Gasteiger partial charge is 0.345 e. The lowest BCUT2D eigenvalue weighted by Gasteiger charge is -2.32. The third kappa shape index (κ3) is 4.38. The van der Waals surface area contributed by atoms with Crippen LogP contribution in [0.2, 0.25) is 0 Å². The van der Waals surface area contributed by atoms with Crippen LogP contribution in [0.25, 0.3) is 0 Å². The average Bonchev–Trinajstić information content (AvgIpc) is 2.92. The van der Waals surface area contributed by atoms with Gasteiger partial charge in [-0.3, -0.25) is 4.90 Å². The number of nitrogens with zero attached hydrogens (tertiary/aromatic N) is 2. The summed E-state index contributed by atoms with van der Waals surface area (Å²) in [6.07, 6.45) is 5.87. The third-order valence-corrected chi connectivity index (χ3v) is 4.59. The average molecular weight is 319 g/mol. The molecule has 0 spiro atoms. The van der Waals surface area contributed by atoms with E-state index in [4.69, 9.17) is 0 Å². The van der Waals surface area contributed by atoms with Crippen molar-refractivity contribution in [3.8, 4) is 0 Å². The fourth-order valence-electron chi connectivity index (χ4n) is 3.41. The highest BCUT2D eigenvalue weighted by Crippen LogP contribution is 2.23. The Morgan fingerprint density at radius 2 is 2.22 bits per heavy atom. The molecule has 0 bridgehead atoms. The fourth-order valence-corrected chi connectivity index (χ4v) is 3.41. The van der Waals surface area contributed by atoms with E-state index >= 15 is 0 Å². The number of halogens is 2. The van der Waals surface area contributed by atoms with E-state index in [1.807, 2.05) is 13.1 Å². The predicted molar refractivity (Wildman–Crippen MR) is 86.0 cm³/mol. The number of aromatic amines is 1.